The van der Waals surface area contributed by atoms with E-state index in [0.717, 1.165) is 5.75 Å². The van der Waals surface area contributed by atoms with E-state index in [9.17, 15) is 9.59 Å². The maximum atomic E-state index is 12.4. The number of hydrogen-bond donors (Lipinski definition) is 1. The van der Waals surface area contributed by atoms with Crippen LogP contribution in [0.2, 0.25) is 0 Å². The topological polar surface area (TPSA) is 72.7 Å². The van der Waals surface area contributed by atoms with E-state index in [-0.39, 0.29) is 11.1 Å². The Kier molecular flexibility index (Phi) is 5.16. The highest BCUT2D eigenvalue weighted by molar-refractivity contribution is 7.99. The van der Waals surface area contributed by atoms with Crippen molar-refractivity contribution in [1.82, 2.24) is 14.7 Å². The van der Waals surface area contributed by atoms with Crippen LogP contribution in [0.4, 0.5) is 0 Å². The van der Waals surface area contributed by atoms with E-state index in [1.807, 2.05) is 6.92 Å². The molecule has 0 saturated carbocycles. The monoisotopic (exact) mass is 313 g/mol. The van der Waals surface area contributed by atoms with Gasteiger partial charge < -0.3 is 10.1 Å². The van der Waals surface area contributed by atoms with Crippen LogP contribution in [0.25, 0.3) is 4.96 Å². The summed E-state index contributed by atoms with van der Waals surface area (Å²) >= 11 is 2.76. The van der Waals surface area contributed by atoms with Gasteiger partial charge in [0.15, 0.2) is 4.96 Å². The number of thiazole rings is 1. The van der Waals surface area contributed by atoms with Crippen molar-refractivity contribution in [3.05, 3.63) is 27.5 Å². The van der Waals surface area contributed by atoms with Gasteiger partial charge >= 0.3 is 0 Å². The van der Waals surface area contributed by atoms with E-state index in [0.29, 0.717) is 23.1 Å². The molecule has 0 aliphatic rings. The highest BCUT2D eigenvalue weighted by Gasteiger charge is 2.20. The van der Waals surface area contributed by atoms with Crippen LogP contribution in [-0.4, -0.2) is 41.3 Å². The summed E-state index contributed by atoms with van der Waals surface area (Å²) in [6, 6.07) is 0. The molecule has 0 atom stereocenters. The summed E-state index contributed by atoms with van der Waals surface area (Å²) in [6.07, 6.45) is 1.63. The maximum Gasteiger partial charge on any atom is 0.272 e. The highest BCUT2D eigenvalue weighted by atomic mass is 32.2. The smallest absolute Gasteiger partial charge is 0.272 e. The van der Waals surface area contributed by atoms with Crippen molar-refractivity contribution < 1.29 is 9.53 Å². The highest BCUT2D eigenvalue weighted by Crippen LogP contribution is 2.20. The fraction of sp³-hybridized carbons (Fsp3) is 0.417. The molecule has 1 N–H and O–H groups in total. The fourth-order valence-electron chi connectivity index (χ4n) is 1.65. The molecule has 108 valence electrons. The summed E-state index contributed by atoms with van der Waals surface area (Å²) in [5.74, 6) is 0.336. The number of ether oxygens (including phenoxy) is 1. The molecule has 0 aromatic carbocycles. The van der Waals surface area contributed by atoms with Crippen LogP contribution in [0.1, 0.15) is 17.3 Å². The van der Waals surface area contributed by atoms with Crippen molar-refractivity contribution in [2.75, 3.05) is 26.0 Å². The maximum absolute atomic E-state index is 12.4. The first-order valence-corrected chi connectivity index (χ1v) is 7.95. The molecule has 0 radical (unpaired) electrons. The van der Waals surface area contributed by atoms with Gasteiger partial charge in [0.05, 0.1) is 6.61 Å². The van der Waals surface area contributed by atoms with Crippen LogP contribution >= 0.6 is 23.1 Å². The second-order valence-corrected chi connectivity index (χ2v) is 5.96. The number of thioether (sulfide) groups is 1. The van der Waals surface area contributed by atoms with Gasteiger partial charge in [-0.2, -0.15) is 0 Å². The second kappa shape index (κ2) is 6.87. The zero-order valence-corrected chi connectivity index (χ0v) is 12.8. The van der Waals surface area contributed by atoms with E-state index in [2.05, 4.69) is 10.3 Å². The molecule has 0 saturated heterocycles. The van der Waals surface area contributed by atoms with Gasteiger partial charge in [-0.1, -0.05) is 6.92 Å². The number of carbonyl (C=O) groups is 1. The Labute approximate surface area is 124 Å². The molecule has 2 heterocycles. The first kappa shape index (κ1) is 15.0. The SMILES string of the molecule is CCSc1nc2sccn2c(=O)c1C(=O)NCCOC. The van der Waals surface area contributed by atoms with E-state index < -0.39 is 5.91 Å². The fourth-order valence-corrected chi connectivity index (χ4v) is 3.16. The Bertz CT molecular complexity index is 666. The quantitative estimate of drug-likeness (QED) is 0.493. The lowest BCUT2D eigenvalue weighted by Gasteiger charge is -2.08. The number of aromatic nitrogens is 2. The number of carbonyl (C=O) groups excluding carboxylic acids is 1. The summed E-state index contributed by atoms with van der Waals surface area (Å²) in [6.45, 7) is 2.71. The molecular formula is C12H15N3O3S2. The van der Waals surface area contributed by atoms with Crippen molar-refractivity contribution in [3.8, 4) is 0 Å². The van der Waals surface area contributed by atoms with E-state index >= 15 is 0 Å². The Hall–Kier alpha value is -1.38. The molecule has 0 unspecified atom stereocenters. The van der Waals surface area contributed by atoms with Gasteiger partial charge in [-0.3, -0.25) is 14.0 Å². The van der Waals surface area contributed by atoms with E-state index in [1.165, 1.54) is 27.5 Å². The number of rotatable bonds is 6. The predicted molar refractivity (Wildman–Crippen MR) is 79.9 cm³/mol. The summed E-state index contributed by atoms with van der Waals surface area (Å²) in [5.41, 5.74) is -0.231. The standard InChI is InChI=1S/C12H15N3O3S2/c1-3-19-10-8(9(16)13-4-6-18-2)11(17)15-5-7-20-12(15)14-10/h5,7H,3-4,6H2,1-2H3,(H,13,16). The molecule has 0 aliphatic carbocycles. The predicted octanol–water partition coefficient (Wildman–Crippen LogP) is 1.24. The second-order valence-electron chi connectivity index (χ2n) is 3.83. The third-order valence-electron chi connectivity index (χ3n) is 2.53. The molecular weight excluding hydrogens is 298 g/mol. The molecule has 20 heavy (non-hydrogen) atoms. The Morgan fingerprint density at radius 2 is 2.40 bits per heavy atom. The third kappa shape index (κ3) is 3.02. The van der Waals surface area contributed by atoms with Crippen molar-refractivity contribution in [2.45, 2.75) is 11.9 Å². The first-order valence-electron chi connectivity index (χ1n) is 6.08. The van der Waals surface area contributed by atoms with Crippen LogP contribution in [0.5, 0.6) is 0 Å². The summed E-state index contributed by atoms with van der Waals surface area (Å²) < 4.78 is 6.28. The molecule has 0 bridgehead atoms. The minimum Gasteiger partial charge on any atom is -0.383 e. The summed E-state index contributed by atoms with van der Waals surface area (Å²) in [4.78, 5) is 29.5. The minimum absolute atomic E-state index is 0.101. The third-order valence-corrected chi connectivity index (χ3v) is 4.15. The number of hydrogen-bond acceptors (Lipinski definition) is 6. The number of nitrogens with zero attached hydrogens (tertiary/aromatic N) is 2. The Morgan fingerprint density at radius 3 is 3.10 bits per heavy atom. The largest absolute Gasteiger partial charge is 0.383 e. The Balaban J connectivity index is 2.43. The lowest BCUT2D eigenvalue weighted by molar-refractivity contribution is 0.0931. The number of methoxy groups -OCH3 is 1. The normalized spacial score (nSPS) is 10.9. The van der Waals surface area contributed by atoms with Crippen molar-refractivity contribution in [2.24, 2.45) is 0 Å². The zero-order valence-electron chi connectivity index (χ0n) is 11.2. The van der Waals surface area contributed by atoms with Crippen molar-refractivity contribution in [3.63, 3.8) is 0 Å². The summed E-state index contributed by atoms with van der Waals surface area (Å²) in [7, 11) is 1.55. The molecule has 0 fully saturated rings. The van der Waals surface area contributed by atoms with Crippen molar-refractivity contribution >= 4 is 34.0 Å². The minimum atomic E-state index is -0.406. The van der Waals surface area contributed by atoms with Gasteiger partial charge in [0.2, 0.25) is 0 Å². The van der Waals surface area contributed by atoms with Gasteiger partial charge in [0, 0.05) is 25.2 Å². The zero-order chi connectivity index (χ0) is 14.5. The van der Waals surface area contributed by atoms with Crippen LogP contribution < -0.4 is 10.9 Å². The average molecular weight is 313 g/mol. The molecule has 6 nitrogen and oxygen atoms in total. The lowest BCUT2D eigenvalue weighted by Crippen LogP contribution is -2.34. The number of fused-ring (bicyclic) bond motifs is 1. The number of amides is 1. The van der Waals surface area contributed by atoms with Gasteiger partial charge in [-0.05, 0) is 5.75 Å². The number of nitrogens with one attached hydrogen (secondary N) is 1. The molecule has 2 aromatic heterocycles. The van der Waals surface area contributed by atoms with Gasteiger partial charge in [-0.25, -0.2) is 4.98 Å². The van der Waals surface area contributed by atoms with Gasteiger partial charge in [0.25, 0.3) is 11.5 Å². The van der Waals surface area contributed by atoms with E-state index in [1.54, 1.807) is 18.7 Å². The van der Waals surface area contributed by atoms with Crippen LogP contribution in [0.15, 0.2) is 21.4 Å². The molecule has 2 rings (SSSR count). The molecule has 2 aromatic rings. The lowest BCUT2D eigenvalue weighted by atomic mass is 10.3. The van der Waals surface area contributed by atoms with Crippen molar-refractivity contribution in [1.29, 1.82) is 0 Å². The Morgan fingerprint density at radius 1 is 1.60 bits per heavy atom. The van der Waals surface area contributed by atoms with Crippen LogP contribution in [0.3, 0.4) is 0 Å². The van der Waals surface area contributed by atoms with Crippen LogP contribution in [0, 0.1) is 0 Å². The molecule has 0 spiro atoms. The van der Waals surface area contributed by atoms with Gasteiger partial charge in [-0.15, -0.1) is 23.1 Å². The average Bonchev–Trinajstić information content (AvgIpc) is 2.88. The molecule has 1 amide bonds. The molecule has 0 aliphatic heterocycles. The van der Waals surface area contributed by atoms with Gasteiger partial charge in [0.1, 0.15) is 10.6 Å². The van der Waals surface area contributed by atoms with E-state index in [4.69, 9.17) is 4.74 Å². The first-order chi connectivity index (χ1) is 9.69. The molecule has 8 heteroatoms. The summed E-state index contributed by atoms with van der Waals surface area (Å²) in [5, 5.41) is 4.93. The van der Waals surface area contributed by atoms with Crippen LogP contribution in [-0.2, 0) is 4.74 Å².